The molecule has 3 aliphatic carbocycles. The Bertz CT molecular complexity index is 1210. The Hall–Kier alpha value is -3.21. The largest absolute Gasteiger partial charge is 0.493 e. The molecule has 11 heteroatoms. The molecule has 1 heterocycles. The number of carbonyl (C=O) groups is 2. The molecule has 1 aromatic heterocycles. The van der Waals surface area contributed by atoms with E-state index in [9.17, 15) is 27.6 Å². The van der Waals surface area contributed by atoms with Gasteiger partial charge in [0, 0.05) is 23.1 Å². The summed E-state index contributed by atoms with van der Waals surface area (Å²) in [6.07, 6.45) is 0.479. The van der Waals surface area contributed by atoms with Gasteiger partial charge in [-0.2, -0.15) is 13.2 Å². The van der Waals surface area contributed by atoms with Crippen LogP contribution in [0.1, 0.15) is 65.2 Å². The molecule has 8 nitrogen and oxygen atoms in total. The lowest BCUT2D eigenvalue weighted by Gasteiger charge is -2.22. The van der Waals surface area contributed by atoms with Gasteiger partial charge in [0.05, 0.1) is 5.69 Å². The van der Waals surface area contributed by atoms with Gasteiger partial charge in [-0.1, -0.05) is 17.2 Å². The first-order valence-electron chi connectivity index (χ1n) is 11.8. The molecule has 2 atom stereocenters. The Morgan fingerprint density at radius 2 is 1.97 bits per heavy atom. The number of aromatic amines is 1. The Balaban J connectivity index is 1.42. The highest BCUT2D eigenvalue weighted by Gasteiger charge is 2.45. The number of amides is 1. The van der Waals surface area contributed by atoms with E-state index in [1.165, 1.54) is 18.9 Å². The average molecular weight is 490 g/mol. The summed E-state index contributed by atoms with van der Waals surface area (Å²) in [4.78, 5) is 48.4. The lowest BCUT2D eigenvalue weighted by Crippen LogP contribution is -2.41. The first kappa shape index (κ1) is 23.5. The molecule has 2 fully saturated rings. The molecule has 2 aromatic rings. The van der Waals surface area contributed by atoms with E-state index in [0.717, 1.165) is 37.3 Å². The minimum Gasteiger partial charge on any atom is -0.321 e. The van der Waals surface area contributed by atoms with Crippen LogP contribution in [0, 0.1) is 5.92 Å². The fourth-order valence-electron chi connectivity index (χ4n) is 4.45. The quantitative estimate of drug-likeness (QED) is 0.603. The van der Waals surface area contributed by atoms with Crippen molar-refractivity contribution in [1.29, 1.82) is 0 Å². The number of aromatic nitrogens is 2. The van der Waals surface area contributed by atoms with E-state index in [2.05, 4.69) is 20.1 Å². The maximum Gasteiger partial charge on any atom is 0.493 e. The van der Waals surface area contributed by atoms with Gasteiger partial charge < -0.3 is 10.2 Å². The molecule has 0 radical (unpaired) electrons. The Morgan fingerprint density at radius 1 is 1.20 bits per heavy atom. The monoisotopic (exact) mass is 490 g/mol. The molecule has 0 spiro atoms. The molecule has 35 heavy (non-hydrogen) atoms. The van der Waals surface area contributed by atoms with Crippen LogP contribution in [0.2, 0.25) is 0 Å². The molecule has 2 saturated carbocycles. The number of carbonyl (C=O) groups excluding carboxylic acids is 2. The summed E-state index contributed by atoms with van der Waals surface area (Å²) in [5, 5.41) is 3.64. The zero-order valence-corrected chi connectivity index (χ0v) is 18.9. The number of hydroxylamine groups is 1. The van der Waals surface area contributed by atoms with E-state index in [1.807, 2.05) is 6.07 Å². The van der Waals surface area contributed by atoms with Crippen molar-refractivity contribution in [2.45, 2.75) is 63.1 Å². The van der Waals surface area contributed by atoms with Gasteiger partial charge in [-0.25, -0.2) is 9.78 Å². The average Bonchev–Trinajstić information content (AvgIpc) is 3.75. The van der Waals surface area contributed by atoms with Crippen LogP contribution in [0.3, 0.4) is 0 Å². The van der Waals surface area contributed by atoms with Crippen LogP contribution in [-0.4, -0.2) is 40.6 Å². The number of hydrogen-bond acceptors (Lipinski definition) is 6. The van der Waals surface area contributed by atoms with Crippen molar-refractivity contribution < 1.29 is 27.6 Å². The summed E-state index contributed by atoms with van der Waals surface area (Å²) in [7, 11) is 0. The minimum absolute atomic E-state index is 0.0192. The predicted molar refractivity (Wildman–Crippen MR) is 119 cm³/mol. The second-order valence-corrected chi connectivity index (χ2v) is 9.42. The van der Waals surface area contributed by atoms with Crippen molar-refractivity contribution in [3.63, 3.8) is 0 Å². The van der Waals surface area contributed by atoms with Crippen molar-refractivity contribution in [3.8, 4) is 0 Å². The van der Waals surface area contributed by atoms with E-state index in [-0.39, 0.29) is 16.5 Å². The summed E-state index contributed by atoms with van der Waals surface area (Å²) >= 11 is 0. The Labute approximate surface area is 198 Å². The molecule has 0 aliphatic heterocycles. The predicted octanol–water partition coefficient (Wildman–Crippen LogP) is 3.17. The molecule has 5 rings (SSSR count). The van der Waals surface area contributed by atoms with Crippen molar-refractivity contribution in [2.24, 2.45) is 5.92 Å². The van der Waals surface area contributed by atoms with Gasteiger partial charge in [-0.3, -0.25) is 14.6 Å². The highest BCUT2D eigenvalue weighted by Crippen LogP contribution is 2.42. The fraction of sp³-hybridized carbons (Fsp3) is 0.500. The van der Waals surface area contributed by atoms with E-state index >= 15 is 0 Å². The third kappa shape index (κ3) is 5.24. The number of halogens is 3. The Morgan fingerprint density at radius 3 is 2.71 bits per heavy atom. The van der Waals surface area contributed by atoms with Gasteiger partial charge >= 0.3 is 12.1 Å². The van der Waals surface area contributed by atoms with E-state index in [0.29, 0.717) is 30.1 Å². The molecular formula is C24H25F3N4O4. The number of alkyl halides is 3. The summed E-state index contributed by atoms with van der Waals surface area (Å²) < 4.78 is 39.0. The third-order valence-electron chi connectivity index (χ3n) is 6.68. The SMILES string of the molecule is O=C(c1cccc(C2CC2NCC2CC2)c1)N(OC(=O)C(F)(F)F)c1nc2c(c(=O)[nH]1)CCCC2. The van der Waals surface area contributed by atoms with Gasteiger partial charge in [0.15, 0.2) is 0 Å². The molecule has 1 aromatic carbocycles. The smallest absolute Gasteiger partial charge is 0.321 e. The molecule has 1 amide bonds. The van der Waals surface area contributed by atoms with E-state index in [1.54, 1.807) is 12.1 Å². The number of rotatable bonds is 6. The van der Waals surface area contributed by atoms with Gasteiger partial charge in [0.2, 0.25) is 5.95 Å². The normalized spacial score (nSPS) is 21.2. The van der Waals surface area contributed by atoms with Crippen LogP contribution < -0.4 is 15.9 Å². The maximum absolute atomic E-state index is 13.3. The summed E-state index contributed by atoms with van der Waals surface area (Å²) in [5.74, 6) is -3.26. The number of anilines is 1. The van der Waals surface area contributed by atoms with Crippen molar-refractivity contribution >= 4 is 17.8 Å². The third-order valence-corrected chi connectivity index (χ3v) is 6.68. The number of nitrogens with one attached hydrogen (secondary N) is 2. The summed E-state index contributed by atoms with van der Waals surface area (Å²) in [5.41, 5.74) is 1.12. The number of benzene rings is 1. The van der Waals surface area contributed by atoms with Crippen LogP contribution >= 0.6 is 0 Å². The molecular weight excluding hydrogens is 465 g/mol. The first-order valence-corrected chi connectivity index (χ1v) is 11.8. The molecule has 2 N–H and O–H groups in total. The number of nitrogens with zero attached hydrogens (tertiary/aromatic N) is 2. The summed E-state index contributed by atoms with van der Waals surface area (Å²) in [6.45, 7) is 0.957. The van der Waals surface area contributed by atoms with Crippen LogP contribution in [0.15, 0.2) is 29.1 Å². The van der Waals surface area contributed by atoms with Crippen LogP contribution in [0.25, 0.3) is 0 Å². The lowest BCUT2D eigenvalue weighted by molar-refractivity contribution is -0.200. The van der Waals surface area contributed by atoms with Crippen LogP contribution in [0.5, 0.6) is 0 Å². The minimum atomic E-state index is -5.34. The van der Waals surface area contributed by atoms with Crippen LogP contribution in [-0.2, 0) is 22.5 Å². The highest BCUT2D eigenvalue weighted by molar-refractivity contribution is 6.05. The number of hydrogen-bond donors (Lipinski definition) is 2. The first-order chi connectivity index (χ1) is 16.7. The fourth-order valence-corrected chi connectivity index (χ4v) is 4.45. The zero-order chi connectivity index (χ0) is 24.7. The topological polar surface area (TPSA) is 104 Å². The Kier molecular flexibility index (Phi) is 6.12. The van der Waals surface area contributed by atoms with E-state index < -0.39 is 29.6 Å². The van der Waals surface area contributed by atoms with E-state index in [4.69, 9.17) is 0 Å². The zero-order valence-electron chi connectivity index (χ0n) is 18.9. The van der Waals surface area contributed by atoms with Gasteiger partial charge in [-0.15, -0.1) is 0 Å². The van der Waals surface area contributed by atoms with Gasteiger partial charge in [0.25, 0.3) is 11.5 Å². The number of aryl methyl sites for hydroxylation is 1. The van der Waals surface area contributed by atoms with Crippen molar-refractivity contribution in [3.05, 3.63) is 57.0 Å². The maximum atomic E-state index is 13.3. The molecule has 3 aliphatic rings. The van der Waals surface area contributed by atoms with Crippen molar-refractivity contribution in [1.82, 2.24) is 15.3 Å². The summed E-state index contributed by atoms with van der Waals surface area (Å²) in [6, 6.07) is 6.78. The van der Waals surface area contributed by atoms with Crippen LogP contribution in [0.4, 0.5) is 19.1 Å². The van der Waals surface area contributed by atoms with Gasteiger partial charge in [0.1, 0.15) is 0 Å². The molecule has 186 valence electrons. The number of fused-ring (bicyclic) bond motifs is 1. The lowest BCUT2D eigenvalue weighted by atomic mass is 9.97. The number of H-pyrrole nitrogens is 1. The molecule has 2 unspecified atom stereocenters. The van der Waals surface area contributed by atoms with Gasteiger partial charge in [-0.05, 0) is 75.1 Å². The standard InChI is InChI=1S/C24H25F3N4O4/c25-24(26,27)22(34)35-31(23-29-18-7-2-1-6-16(18)20(32)30-23)21(33)15-5-3-4-14(10-15)17-11-19(17)28-12-13-8-9-13/h3-5,10,13,17,19,28H,1-2,6-9,11-12H2,(H,29,30,32). The molecule has 0 saturated heterocycles. The molecule has 0 bridgehead atoms. The second kappa shape index (κ2) is 9.10. The second-order valence-electron chi connectivity index (χ2n) is 9.42. The van der Waals surface area contributed by atoms with Crippen molar-refractivity contribution in [2.75, 3.05) is 11.6 Å². The highest BCUT2D eigenvalue weighted by atomic mass is 19.4.